The first-order valence-electron chi connectivity index (χ1n) is 5.92. The molecule has 0 spiro atoms. The van der Waals surface area contributed by atoms with Gasteiger partial charge in [0.1, 0.15) is 12.1 Å². The predicted octanol–water partition coefficient (Wildman–Crippen LogP) is 0.728. The Hall–Kier alpha value is -1.20. The predicted molar refractivity (Wildman–Crippen MR) is 67.0 cm³/mol. The van der Waals surface area contributed by atoms with Gasteiger partial charge in [0.15, 0.2) is 0 Å². The van der Waals surface area contributed by atoms with Crippen LogP contribution in [0, 0.1) is 6.92 Å². The summed E-state index contributed by atoms with van der Waals surface area (Å²) < 4.78 is 5.89. The van der Waals surface area contributed by atoms with E-state index in [1.807, 2.05) is 13.0 Å². The third-order valence-corrected chi connectivity index (χ3v) is 2.86. The van der Waals surface area contributed by atoms with Crippen LogP contribution in [0.5, 0.6) is 0 Å². The van der Waals surface area contributed by atoms with Gasteiger partial charge in [-0.3, -0.25) is 0 Å². The maximum atomic E-state index is 5.89. The first-order valence-corrected chi connectivity index (χ1v) is 5.92. The number of hydrogen-bond acceptors (Lipinski definition) is 5. The topological polar surface area (TPSA) is 64.3 Å². The van der Waals surface area contributed by atoms with Gasteiger partial charge in [-0.2, -0.15) is 0 Å². The van der Waals surface area contributed by atoms with Crippen molar-refractivity contribution in [2.75, 3.05) is 24.5 Å². The summed E-state index contributed by atoms with van der Waals surface area (Å²) >= 11 is 0. The van der Waals surface area contributed by atoms with Crippen LogP contribution in [-0.4, -0.2) is 41.3 Å². The summed E-state index contributed by atoms with van der Waals surface area (Å²) in [5, 5.41) is 0. The second-order valence-electron chi connectivity index (χ2n) is 5.13. The van der Waals surface area contributed by atoms with Gasteiger partial charge in [0.05, 0.1) is 11.7 Å². The van der Waals surface area contributed by atoms with E-state index < -0.39 is 0 Å². The number of aromatic nitrogens is 2. The van der Waals surface area contributed by atoms with Crippen molar-refractivity contribution in [3.8, 4) is 0 Å². The molecule has 1 unspecified atom stereocenters. The van der Waals surface area contributed by atoms with E-state index in [2.05, 4.69) is 28.7 Å². The molecule has 0 bridgehead atoms. The third-order valence-electron chi connectivity index (χ3n) is 2.86. The number of nitrogens with two attached hydrogens (primary N) is 1. The van der Waals surface area contributed by atoms with Gasteiger partial charge in [0.2, 0.25) is 0 Å². The molecule has 1 fully saturated rings. The summed E-state index contributed by atoms with van der Waals surface area (Å²) in [6.45, 7) is 8.27. The van der Waals surface area contributed by atoms with Crippen molar-refractivity contribution in [3.63, 3.8) is 0 Å². The van der Waals surface area contributed by atoms with E-state index in [9.17, 15) is 0 Å². The Morgan fingerprint density at radius 1 is 1.53 bits per heavy atom. The van der Waals surface area contributed by atoms with Crippen LogP contribution in [0.1, 0.15) is 19.5 Å². The van der Waals surface area contributed by atoms with Crippen LogP contribution in [0.25, 0.3) is 0 Å². The highest BCUT2D eigenvalue weighted by atomic mass is 16.5. The molecular weight excluding hydrogens is 216 g/mol. The molecule has 5 heteroatoms. The Kier molecular flexibility index (Phi) is 3.31. The maximum absolute atomic E-state index is 5.89. The Balaban J connectivity index is 2.20. The largest absolute Gasteiger partial charge is 0.367 e. The average Bonchev–Trinajstić information content (AvgIpc) is 2.27. The average molecular weight is 236 g/mol. The summed E-state index contributed by atoms with van der Waals surface area (Å²) in [4.78, 5) is 10.7. The molecule has 1 aromatic heterocycles. The zero-order chi connectivity index (χ0) is 12.5. The van der Waals surface area contributed by atoms with Crippen LogP contribution in [0.3, 0.4) is 0 Å². The van der Waals surface area contributed by atoms with Crippen molar-refractivity contribution >= 4 is 5.82 Å². The van der Waals surface area contributed by atoms with Crippen LogP contribution in [-0.2, 0) is 4.74 Å². The fraction of sp³-hybridized carbons (Fsp3) is 0.667. The second kappa shape index (κ2) is 4.58. The standard InChI is InChI=1S/C12H20N4O/c1-9-4-11(15-8-14-9)16-6-10(5-13)17-12(2,3)7-16/h4,8,10H,5-7,13H2,1-3H3. The number of anilines is 1. The van der Waals surface area contributed by atoms with Crippen LogP contribution in [0.2, 0.25) is 0 Å². The molecule has 2 N–H and O–H groups in total. The van der Waals surface area contributed by atoms with Crippen molar-refractivity contribution in [3.05, 3.63) is 18.1 Å². The molecule has 0 aliphatic carbocycles. The van der Waals surface area contributed by atoms with E-state index in [-0.39, 0.29) is 11.7 Å². The molecule has 0 saturated carbocycles. The zero-order valence-electron chi connectivity index (χ0n) is 10.7. The molecule has 94 valence electrons. The number of morpholine rings is 1. The first kappa shape index (κ1) is 12.3. The van der Waals surface area contributed by atoms with Crippen molar-refractivity contribution in [1.29, 1.82) is 0 Å². The Morgan fingerprint density at radius 2 is 2.29 bits per heavy atom. The smallest absolute Gasteiger partial charge is 0.132 e. The van der Waals surface area contributed by atoms with E-state index in [4.69, 9.17) is 10.5 Å². The van der Waals surface area contributed by atoms with Gasteiger partial charge in [0, 0.05) is 31.4 Å². The quantitative estimate of drug-likeness (QED) is 0.820. The molecule has 1 aromatic rings. The van der Waals surface area contributed by atoms with Gasteiger partial charge in [-0.15, -0.1) is 0 Å². The Labute approximate surface area is 102 Å². The summed E-state index contributed by atoms with van der Waals surface area (Å²) in [6.07, 6.45) is 1.67. The van der Waals surface area contributed by atoms with E-state index in [1.54, 1.807) is 6.33 Å². The zero-order valence-corrected chi connectivity index (χ0v) is 10.7. The summed E-state index contributed by atoms with van der Waals surface area (Å²) in [5.41, 5.74) is 6.49. The van der Waals surface area contributed by atoms with Gasteiger partial charge in [0.25, 0.3) is 0 Å². The third kappa shape index (κ3) is 2.92. The van der Waals surface area contributed by atoms with Crippen molar-refractivity contribution in [1.82, 2.24) is 9.97 Å². The van der Waals surface area contributed by atoms with Gasteiger partial charge in [-0.1, -0.05) is 0 Å². The van der Waals surface area contributed by atoms with Crippen LogP contribution in [0.15, 0.2) is 12.4 Å². The van der Waals surface area contributed by atoms with Gasteiger partial charge < -0.3 is 15.4 Å². The lowest BCUT2D eigenvalue weighted by Crippen LogP contribution is -2.55. The fourth-order valence-corrected chi connectivity index (χ4v) is 2.21. The molecule has 1 aliphatic rings. The highest BCUT2D eigenvalue weighted by Crippen LogP contribution is 2.24. The number of rotatable bonds is 2. The Bertz CT molecular complexity index is 394. The first-order chi connectivity index (χ1) is 8.00. The second-order valence-corrected chi connectivity index (χ2v) is 5.13. The van der Waals surface area contributed by atoms with Crippen molar-refractivity contribution < 1.29 is 4.74 Å². The lowest BCUT2D eigenvalue weighted by atomic mass is 10.1. The molecule has 0 amide bonds. The van der Waals surface area contributed by atoms with E-state index in [1.165, 1.54) is 0 Å². The van der Waals surface area contributed by atoms with E-state index in [0.29, 0.717) is 6.54 Å². The summed E-state index contributed by atoms with van der Waals surface area (Å²) in [5.74, 6) is 0.951. The number of aryl methyl sites for hydroxylation is 1. The molecule has 1 saturated heterocycles. The summed E-state index contributed by atoms with van der Waals surface area (Å²) in [7, 11) is 0. The Morgan fingerprint density at radius 3 is 2.94 bits per heavy atom. The van der Waals surface area contributed by atoms with E-state index >= 15 is 0 Å². The number of ether oxygens (including phenoxy) is 1. The van der Waals surface area contributed by atoms with Crippen LogP contribution in [0.4, 0.5) is 5.82 Å². The lowest BCUT2D eigenvalue weighted by Gasteiger charge is -2.43. The molecule has 17 heavy (non-hydrogen) atoms. The van der Waals surface area contributed by atoms with Crippen molar-refractivity contribution in [2.24, 2.45) is 5.73 Å². The minimum Gasteiger partial charge on any atom is -0.367 e. The molecule has 0 aromatic carbocycles. The van der Waals surface area contributed by atoms with Crippen LogP contribution < -0.4 is 10.6 Å². The molecule has 1 aliphatic heterocycles. The fourth-order valence-electron chi connectivity index (χ4n) is 2.21. The van der Waals surface area contributed by atoms with E-state index in [0.717, 1.165) is 24.6 Å². The molecule has 2 rings (SSSR count). The van der Waals surface area contributed by atoms with Gasteiger partial charge in [-0.25, -0.2) is 9.97 Å². The normalized spacial score (nSPS) is 23.8. The van der Waals surface area contributed by atoms with Crippen molar-refractivity contribution in [2.45, 2.75) is 32.5 Å². The minimum absolute atomic E-state index is 0.0639. The molecule has 5 nitrogen and oxygen atoms in total. The van der Waals surface area contributed by atoms with Gasteiger partial charge >= 0.3 is 0 Å². The lowest BCUT2D eigenvalue weighted by molar-refractivity contribution is -0.0790. The monoisotopic (exact) mass is 236 g/mol. The molecule has 2 heterocycles. The molecule has 0 radical (unpaired) electrons. The molecule has 1 atom stereocenters. The highest BCUT2D eigenvalue weighted by Gasteiger charge is 2.33. The minimum atomic E-state index is -0.193. The van der Waals surface area contributed by atoms with Gasteiger partial charge in [-0.05, 0) is 20.8 Å². The number of hydrogen-bond donors (Lipinski definition) is 1. The van der Waals surface area contributed by atoms with Crippen LogP contribution >= 0.6 is 0 Å². The highest BCUT2D eigenvalue weighted by molar-refractivity contribution is 5.40. The SMILES string of the molecule is Cc1cc(N2CC(CN)OC(C)(C)C2)ncn1. The summed E-state index contributed by atoms with van der Waals surface area (Å²) in [6, 6.07) is 2.00. The number of nitrogens with zero attached hydrogens (tertiary/aromatic N) is 3. The molecular formula is C12H20N4O. The maximum Gasteiger partial charge on any atom is 0.132 e.